The molecule has 2 heterocycles. The molecule has 3 atom stereocenters. The SMILES string of the molecule is COc1cccc(C(=O)N2C[C@H](C(N)=O)[C@H]3c4ccccc4N(CC4CC4)C(=O)[C@]32C)c1. The number of likely N-dealkylation sites (tertiary alicyclic amines) is 1. The van der Waals surface area contributed by atoms with Crippen LogP contribution in [0.5, 0.6) is 5.75 Å². The van der Waals surface area contributed by atoms with Crippen molar-refractivity contribution in [2.75, 3.05) is 25.1 Å². The average Bonchev–Trinajstić information content (AvgIpc) is 3.56. The van der Waals surface area contributed by atoms with Crippen LogP contribution in [0.3, 0.4) is 0 Å². The molecule has 2 aromatic carbocycles. The maximum Gasteiger partial charge on any atom is 0.254 e. The van der Waals surface area contributed by atoms with Crippen molar-refractivity contribution in [2.24, 2.45) is 17.6 Å². The molecule has 0 bridgehead atoms. The van der Waals surface area contributed by atoms with E-state index in [-0.39, 0.29) is 18.4 Å². The maximum atomic E-state index is 14.0. The monoisotopic (exact) mass is 433 g/mol. The zero-order valence-corrected chi connectivity index (χ0v) is 18.3. The molecular formula is C25H27N3O4. The second-order valence-electron chi connectivity index (χ2n) is 9.20. The predicted octanol–water partition coefficient (Wildman–Crippen LogP) is 2.55. The minimum Gasteiger partial charge on any atom is -0.497 e. The lowest BCUT2D eigenvalue weighted by Gasteiger charge is -2.46. The summed E-state index contributed by atoms with van der Waals surface area (Å²) in [6.45, 7) is 2.52. The number of nitrogens with zero attached hydrogens (tertiary/aromatic N) is 2. The van der Waals surface area contributed by atoms with E-state index in [9.17, 15) is 14.4 Å². The number of nitrogens with two attached hydrogens (primary N) is 1. The van der Waals surface area contributed by atoms with Crippen LogP contribution in [0.15, 0.2) is 48.5 Å². The maximum absolute atomic E-state index is 14.0. The van der Waals surface area contributed by atoms with E-state index in [1.165, 1.54) is 7.11 Å². The molecule has 2 N–H and O–H groups in total. The Bertz CT molecular complexity index is 1110. The lowest BCUT2D eigenvalue weighted by Crippen LogP contribution is -2.62. The third-order valence-electron chi connectivity index (χ3n) is 7.25. The Labute approximate surface area is 187 Å². The molecule has 5 rings (SSSR count). The number of amides is 3. The molecule has 2 aromatic rings. The third-order valence-corrected chi connectivity index (χ3v) is 7.25. The number of carbonyl (C=O) groups is 3. The molecule has 3 aliphatic rings. The lowest BCUT2D eigenvalue weighted by molar-refractivity contribution is -0.128. The topological polar surface area (TPSA) is 92.9 Å². The first-order chi connectivity index (χ1) is 15.4. The fourth-order valence-electron chi connectivity index (χ4n) is 5.40. The molecule has 0 aromatic heterocycles. The number of para-hydroxylation sites is 1. The van der Waals surface area contributed by atoms with Gasteiger partial charge < -0.3 is 20.3 Å². The molecule has 0 spiro atoms. The van der Waals surface area contributed by atoms with E-state index >= 15 is 0 Å². The number of hydrogen-bond acceptors (Lipinski definition) is 4. The summed E-state index contributed by atoms with van der Waals surface area (Å²) >= 11 is 0. The molecule has 32 heavy (non-hydrogen) atoms. The van der Waals surface area contributed by atoms with E-state index in [4.69, 9.17) is 10.5 Å². The number of hydrogen-bond donors (Lipinski definition) is 1. The van der Waals surface area contributed by atoms with Gasteiger partial charge in [-0.1, -0.05) is 24.3 Å². The lowest BCUT2D eigenvalue weighted by atomic mass is 9.71. The van der Waals surface area contributed by atoms with E-state index in [2.05, 4.69) is 0 Å². The van der Waals surface area contributed by atoms with Crippen LogP contribution in [-0.2, 0) is 9.59 Å². The van der Waals surface area contributed by atoms with Crippen molar-refractivity contribution in [3.63, 3.8) is 0 Å². The number of anilines is 1. The smallest absolute Gasteiger partial charge is 0.254 e. The molecule has 0 unspecified atom stereocenters. The highest BCUT2D eigenvalue weighted by Crippen LogP contribution is 2.53. The molecule has 1 saturated carbocycles. The van der Waals surface area contributed by atoms with Crippen LogP contribution >= 0.6 is 0 Å². The van der Waals surface area contributed by atoms with E-state index in [1.807, 2.05) is 29.2 Å². The van der Waals surface area contributed by atoms with Crippen LogP contribution in [0.25, 0.3) is 0 Å². The van der Waals surface area contributed by atoms with Crippen LogP contribution in [0, 0.1) is 11.8 Å². The van der Waals surface area contributed by atoms with Crippen molar-refractivity contribution in [1.82, 2.24) is 4.90 Å². The van der Waals surface area contributed by atoms with Crippen molar-refractivity contribution in [3.05, 3.63) is 59.7 Å². The quantitative estimate of drug-likeness (QED) is 0.784. The Hall–Kier alpha value is -3.35. The highest BCUT2D eigenvalue weighted by atomic mass is 16.5. The summed E-state index contributed by atoms with van der Waals surface area (Å²) in [5.74, 6) is -1.06. The van der Waals surface area contributed by atoms with E-state index < -0.39 is 23.3 Å². The highest BCUT2D eigenvalue weighted by Gasteiger charge is 2.63. The first-order valence-electron chi connectivity index (χ1n) is 11.0. The molecule has 1 aliphatic carbocycles. The number of rotatable bonds is 5. The average molecular weight is 434 g/mol. The van der Waals surface area contributed by atoms with Gasteiger partial charge in [0.1, 0.15) is 11.3 Å². The Morgan fingerprint density at radius 3 is 2.59 bits per heavy atom. The summed E-state index contributed by atoms with van der Waals surface area (Å²) in [4.78, 5) is 43.6. The molecule has 0 radical (unpaired) electrons. The van der Waals surface area contributed by atoms with Crippen LogP contribution < -0.4 is 15.4 Å². The van der Waals surface area contributed by atoms with E-state index in [1.54, 1.807) is 36.1 Å². The fraction of sp³-hybridized carbons (Fsp3) is 0.400. The van der Waals surface area contributed by atoms with Crippen molar-refractivity contribution in [2.45, 2.75) is 31.2 Å². The molecule has 2 aliphatic heterocycles. The molecule has 166 valence electrons. The Kier molecular flexibility index (Phi) is 4.73. The largest absolute Gasteiger partial charge is 0.497 e. The van der Waals surface area contributed by atoms with Crippen LogP contribution in [0.1, 0.15) is 41.6 Å². The Balaban J connectivity index is 1.64. The summed E-state index contributed by atoms with van der Waals surface area (Å²) in [5.41, 5.74) is 6.75. The summed E-state index contributed by atoms with van der Waals surface area (Å²) in [6, 6.07) is 14.6. The van der Waals surface area contributed by atoms with Gasteiger partial charge in [-0.25, -0.2) is 0 Å². The zero-order chi connectivity index (χ0) is 22.6. The van der Waals surface area contributed by atoms with Gasteiger partial charge in [0.05, 0.1) is 13.0 Å². The number of carbonyl (C=O) groups excluding carboxylic acids is 3. The van der Waals surface area contributed by atoms with Gasteiger partial charge in [-0.05, 0) is 55.5 Å². The predicted molar refractivity (Wildman–Crippen MR) is 119 cm³/mol. The number of fused-ring (bicyclic) bond motifs is 3. The summed E-state index contributed by atoms with van der Waals surface area (Å²) in [5, 5.41) is 0. The van der Waals surface area contributed by atoms with Gasteiger partial charge in [-0.2, -0.15) is 0 Å². The van der Waals surface area contributed by atoms with Gasteiger partial charge in [-0.3, -0.25) is 14.4 Å². The second kappa shape index (κ2) is 7.36. The van der Waals surface area contributed by atoms with Crippen LogP contribution in [0.4, 0.5) is 5.69 Å². The van der Waals surface area contributed by atoms with Crippen LogP contribution in [0.2, 0.25) is 0 Å². The second-order valence-corrected chi connectivity index (χ2v) is 9.20. The third kappa shape index (κ3) is 2.98. The van der Waals surface area contributed by atoms with Crippen molar-refractivity contribution in [3.8, 4) is 5.75 Å². The van der Waals surface area contributed by atoms with Crippen molar-refractivity contribution in [1.29, 1.82) is 0 Å². The Morgan fingerprint density at radius 2 is 1.91 bits per heavy atom. The summed E-state index contributed by atoms with van der Waals surface area (Å²) in [7, 11) is 1.54. The molecule has 7 heteroatoms. The highest BCUT2D eigenvalue weighted by molar-refractivity contribution is 6.09. The van der Waals surface area contributed by atoms with Gasteiger partial charge in [-0.15, -0.1) is 0 Å². The summed E-state index contributed by atoms with van der Waals surface area (Å²) < 4.78 is 5.27. The van der Waals surface area contributed by atoms with Gasteiger partial charge >= 0.3 is 0 Å². The fourth-order valence-corrected chi connectivity index (χ4v) is 5.40. The number of ether oxygens (including phenoxy) is 1. The number of methoxy groups -OCH3 is 1. The summed E-state index contributed by atoms with van der Waals surface area (Å²) in [6.07, 6.45) is 2.20. The number of primary amides is 1. The Morgan fingerprint density at radius 1 is 1.16 bits per heavy atom. The van der Waals surface area contributed by atoms with Gasteiger partial charge in [0.2, 0.25) is 5.91 Å². The zero-order valence-electron chi connectivity index (χ0n) is 18.3. The standard InChI is InChI=1S/C25H27N3O4/c1-25-21(18-8-3-4-9-20(18)27(24(25)31)13-15-10-11-15)19(22(26)29)14-28(25)23(30)16-6-5-7-17(12-16)32-2/h3-9,12,15,19,21H,10-11,13-14H2,1-2H3,(H2,26,29)/t19-,21+,25-/m0/s1. The molecule has 7 nitrogen and oxygen atoms in total. The minimum atomic E-state index is -1.21. The molecule has 3 amide bonds. The van der Waals surface area contributed by atoms with Gasteiger partial charge in [0.15, 0.2) is 0 Å². The molecular weight excluding hydrogens is 406 g/mol. The van der Waals surface area contributed by atoms with Gasteiger partial charge in [0.25, 0.3) is 11.8 Å². The minimum absolute atomic E-state index is 0.101. The molecule has 2 fully saturated rings. The van der Waals surface area contributed by atoms with E-state index in [0.717, 1.165) is 24.1 Å². The normalized spacial score (nSPS) is 26.5. The van der Waals surface area contributed by atoms with Gasteiger partial charge in [0, 0.05) is 30.3 Å². The van der Waals surface area contributed by atoms with Crippen LogP contribution in [-0.4, -0.2) is 48.4 Å². The first kappa shape index (κ1) is 20.5. The molecule has 1 saturated heterocycles. The van der Waals surface area contributed by atoms with Crippen molar-refractivity contribution < 1.29 is 19.1 Å². The van der Waals surface area contributed by atoms with Crippen molar-refractivity contribution >= 4 is 23.4 Å². The number of benzene rings is 2. The first-order valence-corrected chi connectivity index (χ1v) is 11.0. The van der Waals surface area contributed by atoms with E-state index in [0.29, 0.717) is 23.8 Å².